The molecule has 0 unspecified atom stereocenters. The van der Waals surface area contributed by atoms with E-state index in [1.807, 2.05) is 6.07 Å². The van der Waals surface area contributed by atoms with Gasteiger partial charge in [0.05, 0.1) is 5.56 Å². The van der Waals surface area contributed by atoms with Crippen molar-refractivity contribution in [3.63, 3.8) is 0 Å². The van der Waals surface area contributed by atoms with Gasteiger partial charge in [-0.1, -0.05) is 19.9 Å². The predicted molar refractivity (Wildman–Crippen MR) is 77.5 cm³/mol. The summed E-state index contributed by atoms with van der Waals surface area (Å²) in [4.78, 5) is 12.1. The molecule has 5 nitrogen and oxygen atoms in total. The van der Waals surface area contributed by atoms with Crippen LogP contribution in [0.1, 0.15) is 24.2 Å². The van der Waals surface area contributed by atoms with Gasteiger partial charge in [-0.15, -0.1) is 0 Å². The van der Waals surface area contributed by atoms with Crippen LogP contribution in [0.25, 0.3) is 0 Å². The molecular weight excluding hydrogens is 256 g/mol. The minimum absolute atomic E-state index is 0.126. The summed E-state index contributed by atoms with van der Waals surface area (Å²) in [5.41, 5.74) is 0.533. The first-order valence-electron chi connectivity index (χ1n) is 7.06. The number of rotatable bonds is 6. The third-order valence-corrected chi connectivity index (χ3v) is 2.95. The normalized spacial score (nSPS) is 13.3. The molecule has 0 aromatic heterocycles. The molecule has 110 valence electrons. The Bertz CT molecular complexity index is 460. The molecule has 0 spiro atoms. The molecule has 1 aromatic carbocycles. The van der Waals surface area contributed by atoms with Gasteiger partial charge in [-0.3, -0.25) is 4.79 Å². The Morgan fingerprint density at radius 3 is 2.85 bits per heavy atom. The van der Waals surface area contributed by atoms with E-state index in [-0.39, 0.29) is 5.91 Å². The summed E-state index contributed by atoms with van der Waals surface area (Å²) >= 11 is 0. The molecule has 2 N–H and O–H groups in total. The van der Waals surface area contributed by atoms with Gasteiger partial charge in [0, 0.05) is 13.1 Å². The van der Waals surface area contributed by atoms with Crippen molar-refractivity contribution in [2.24, 2.45) is 5.92 Å². The van der Waals surface area contributed by atoms with Gasteiger partial charge in [0.25, 0.3) is 5.91 Å². The highest BCUT2D eigenvalue weighted by molar-refractivity contribution is 5.97. The van der Waals surface area contributed by atoms with E-state index in [1.165, 1.54) is 0 Å². The average Bonchev–Trinajstić information content (AvgIpc) is 2.45. The topological polar surface area (TPSA) is 59.6 Å². The van der Waals surface area contributed by atoms with Crippen LogP contribution < -0.4 is 20.1 Å². The number of para-hydroxylation sites is 1. The Morgan fingerprint density at radius 2 is 2.05 bits per heavy atom. The Morgan fingerprint density at radius 1 is 1.25 bits per heavy atom. The van der Waals surface area contributed by atoms with Crippen LogP contribution in [-0.4, -0.2) is 38.8 Å². The first-order valence-corrected chi connectivity index (χ1v) is 7.06. The van der Waals surface area contributed by atoms with Crippen LogP contribution in [0, 0.1) is 5.92 Å². The zero-order valence-corrected chi connectivity index (χ0v) is 12.1. The fourth-order valence-electron chi connectivity index (χ4n) is 2.00. The zero-order chi connectivity index (χ0) is 14.4. The molecular formula is C15H22N2O3. The Labute approximate surface area is 119 Å². The number of fused-ring (bicyclic) bond motifs is 1. The third kappa shape index (κ3) is 3.87. The molecule has 0 saturated heterocycles. The van der Waals surface area contributed by atoms with Crippen molar-refractivity contribution in [2.45, 2.75) is 13.8 Å². The van der Waals surface area contributed by atoms with Crippen LogP contribution >= 0.6 is 0 Å². The second-order valence-electron chi connectivity index (χ2n) is 5.18. The van der Waals surface area contributed by atoms with Crippen molar-refractivity contribution in [3.05, 3.63) is 23.8 Å². The molecule has 0 atom stereocenters. The number of benzene rings is 1. The minimum Gasteiger partial charge on any atom is -0.486 e. The Hall–Kier alpha value is -1.75. The lowest BCUT2D eigenvalue weighted by molar-refractivity contribution is 0.0942. The number of hydrogen-bond acceptors (Lipinski definition) is 4. The molecule has 1 aromatic rings. The maximum atomic E-state index is 12.1. The van der Waals surface area contributed by atoms with Crippen LogP contribution in [0.5, 0.6) is 11.5 Å². The quantitative estimate of drug-likeness (QED) is 0.773. The van der Waals surface area contributed by atoms with Gasteiger partial charge in [-0.2, -0.15) is 0 Å². The number of hydrogen-bond donors (Lipinski definition) is 2. The lowest BCUT2D eigenvalue weighted by atomic mass is 10.1. The molecule has 20 heavy (non-hydrogen) atoms. The molecule has 1 heterocycles. The van der Waals surface area contributed by atoms with Gasteiger partial charge in [-0.05, 0) is 24.6 Å². The summed E-state index contributed by atoms with van der Waals surface area (Å²) in [5.74, 6) is 1.67. The standard InChI is InChI=1S/C15H22N2O3/c1-11(2)10-16-6-7-17-15(18)12-4-3-5-13-14(12)20-9-8-19-13/h3-5,11,16H,6-10H2,1-2H3,(H,17,18). The summed E-state index contributed by atoms with van der Waals surface area (Å²) in [7, 11) is 0. The van der Waals surface area contributed by atoms with E-state index in [9.17, 15) is 4.79 Å². The highest BCUT2D eigenvalue weighted by Gasteiger charge is 2.19. The smallest absolute Gasteiger partial charge is 0.255 e. The van der Waals surface area contributed by atoms with Gasteiger partial charge in [0.1, 0.15) is 13.2 Å². The zero-order valence-electron chi connectivity index (χ0n) is 12.1. The van der Waals surface area contributed by atoms with Crippen molar-refractivity contribution < 1.29 is 14.3 Å². The molecule has 1 aliphatic heterocycles. The predicted octanol–water partition coefficient (Wildman–Crippen LogP) is 1.43. The fourth-order valence-corrected chi connectivity index (χ4v) is 2.00. The lowest BCUT2D eigenvalue weighted by Gasteiger charge is -2.20. The Balaban J connectivity index is 1.86. The largest absolute Gasteiger partial charge is 0.486 e. The van der Waals surface area contributed by atoms with E-state index in [4.69, 9.17) is 9.47 Å². The highest BCUT2D eigenvalue weighted by Crippen LogP contribution is 2.33. The lowest BCUT2D eigenvalue weighted by Crippen LogP contribution is -2.33. The van der Waals surface area contributed by atoms with Crippen LogP contribution in [0.3, 0.4) is 0 Å². The molecule has 0 radical (unpaired) electrons. The Kier molecular flexibility index (Phi) is 5.24. The van der Waals surface area contributed by atoms with E-state index in [0.29, 0.717) is 42.7 Å². The van der Waals surface area contributed by atoms with Crippen LogP contribution in [0.15, 0.2) is 18.2 Å². The van der Waals surface area contributed by atoms with Crippen LogP contribution in [-0.2, 0) is 0 Å². The van der Waals surface area contributed by atoms with Gasteiger partial charge >= 0.3 is 0 Å². The first-order chi connectivity index (χ1) is 9.68. The van der Waals surface area contributed by atoms with Gasteiger partial charge in [0.2, 0.25) is 0 Å². The molecule has 0 saturated carbocycles. The number of carbonyl (C=O) groups excluding carboxylic acids is 1. The number of amides is 1. The second-order valence-corrected chi connectivity index (χ2v) is 5.18. The molecule has 2 rings (SSSR count). The summed E-state index contributed by atoms with van der Waals surface area (Å²) in [6, 6.07) is 5.37. The van der Waals surface area contributed by atoms with Gasteiger partial charge < -0.3 is 20.1 Å². The summed E-state index contributed by atoms with van der Waals surface area (Å²) < 4.78 is 11.0. The first kappa shape index (κ1) is 14.7. The number of nitrogens with one attached hydrogen (secondary N) is 2. The number of carbonyl (C=O) groups is 1. The molecule has 1 aliphatic rings. The van der Waals surface area contributed by atoms with Crippen molar-refractivity contribution >= 4 is 5.91 Å². The van der Waals surface area contributed by atoms with Crippen molar-refractivity contribution in [1.29, 1.82) is 0 Å². The van der Waals surface area contributed by atoms with Crippen LogP contribution in [0.2, 0.25) is 0 Å². The number of ether oxygens (including phenoxy) is 2. The molecule has 0 bridgehead atoms. The maximum Gasteiger partial charge on any atom is 0.255 e. The molecule has 0 aliphatic carbocycles. The molecule has 0 fully saturated rings. The second kappa shape index (κ2) is 7.14. The van der Waals surface area contributed by atoms with E-state index in [1.54, 1.807) is 12.1 Å². The molecule has 5 heteroatoms. The van der Waals surface area contributed by atoms with E-state index in [0.717, 1.165) is 13.1 Å². The third-order valence-electron chi connectivity index (χ3n) is 2.95. The summed E-state index contributed by atoms with van der Waals surface area (Å²) in [5, 5.41) is 6.17. The van der Waals surface area contributed by atoms with Gasteiger partial charge in [0.15, 0.2) is 11.5 Å². The highest BCUT2D eigenvalue weighted by atomic mass is 16.6. The minimum atomic E-state index is -0.126. The van der Waals surface area contributed by atoms with Crippen molar-refractivity contribution in [2.75, 3.05) is 32.8 Å². The summed E-state index contributed by atoms with van der Waals surface area (Å²) in [6.07, 6.45) is 0. The van der Waals surface area contributed by atoms with E-state index >= 15 is 0 Å². The van der Waals surface area contributed by atoms with Crippen molar-refractivity contribution in [1.82, 2.24) is 10.6 Å². The summed E-state index contributed by atoms with van der Waals surface area (Å²) in [6.45, 7) is 7.61. The van der Waals surface area contributed by atoms with E-state index in [2.05, 4.69) is 24.5 Å². The maximum absolute atomic E-state index is 12.1. The SMILES string of the molecule is CC(C)CNCCNC(=O)c1cccc2c1OCCO2. The fraction of sp³-hybridized carbons (Fsp3) is 0.533. The molecule has 1 amide bonds. The monoisotopic (exact) mass is 278 g/mol. The van der Waals surface area contributed by atoms with Crippen LogP contribution in [0.4, 0.5) is 0 Å². The average molecular weight is 278 g/mol. The van der Waals surface area contributed by atoms with Crippen molar-refractivity contribution in [3.8, 4) is 11.5 Å². The van der Waals surface area contributed by atoms with E-state index < -0.39 is 0 Å². The van der Waals surface area contributed by atoms with Gasteiger partial charge in [-0.25, -0.2) is 0 Å².